The van der Waals surface area contributed by atoms with E-state index >= 15 is 0 Å². The summed E-state index contributed by atoms with van der Waals surface area (Å²) in [4.78, 5) is 5.97. The van der Waals surface area contributed by atoms with Crippen LogP contribution in [0.25, 0.3) is 0 Å². The molecule has 0 atom stereocenters. The molecular weight excluding hydrogens is 353 g/mol. The molecule has 0 amide bonds. The maximum Gasteiger partial charge on any atom is 0.420 e. The number of aryl methyl sites for hydroxylation is 1. The Morgan fingerprint density at radius 1 is 1.19 bits per heavy atom. The summed E-state index contributed by atoms with van der Waals surface area (Å²) in [7, 11) is 1.81. The first-order chi connectivity index (χ1) is 12.6. The molecule has 0 fully saturated rings. The molecule has 0 bridgehead atoms. The second kappa shape index (κ2) is 8.46. The number of halogens is 3. The van der Waals surface area contributed by atoms with E-state index in [4.69, 9.17) is 4.74 Å². The Bertz CT molecular complexity index is 814. The predicted octanol–water partition coefficient (Wildman–Crippen LogP) is 6.54. The molecule has 0 spiro atoms. The lowest BCUT2D eigenvalue weighted by Gasteiger charge is -2.17. The molecule has 27 heavy (non-hydrogen) atoms. The second-order valence-electron chi connectivity index (χ2n) is 6.78. The Balaban J connectivity index is 2.45. The van der Waals surface area contributed by atoms with Gasteiger partial charge in [-0.25, -0.2) is 4.99 Å². The van der Waals surface area contributed by atoms with E-state index in [2.05, 4.69) is 4.99 Å². The van der Waals surface area contributed by atoms with Gasteiger partial charge in [-0.05, 0) is 55.2 Å². The molecule has 146 valence electrons. The molecule has 0 aromatic heterocycles. The quantitative estimate of drug-likeness (QED) is 0.421. The molecule has 3 nitrogen and oxygen atoms in total. The van der Waals surface area contributed by atoms with Crippen molar-refractivity contribution < 1.29 is 17.9 Å². The fourth-order valence-electron chi connectivity index (χ4n) is 2.42. The molecule has 0 aliphatic heterocycles. The summed E-state index contributed by atoms with van der Waals surface area (Å²) in [5, 5.41) is 0. The Morgan fingerprint density at radius 3 is 2.48 bits per heavy atom. The first kappa shape index (κ1) is 20.8. The number of benzene rings is 2. The molecule has 2 rings (SSSR count). The molecular formula is C21H25F3N2O. The third-order valence-corrected chi connectivity index (χ3v) is 4.25. The minimum Gasteiger partial charge on any atom is -0.457 e. The minimum atomic E-state index is -4.54. The zero-order valence-electron chi connectivity index (χ0n) is 16.3. The molecule has 0 heterocycles. The van der Waals surface area contributed by atoms with E-state index < -0.39 is 11.7 Å². The van der Waals surface area contributed by atoms with Crippen molar-refractivity contribution in [3.8, 4) is 11.5 Å². The Hall–Kier alpha value is -2.50. The highest BCUT2D eigenvalue weighted by atomic mass is 19.4. The summed E-state index contributed by atoms with van der Waals surface area (Å²) in [6.07, 6.45) is -3.02. The first-order valence-corrected chi connectivity index (χ1v) is 8.86. The van der Waals surface area contributed by atoms with Crippen molar-refractivity contribution in [3.63, 3.8) is 0 Å². The summed E-state index contributed by atoms with van der Waals surface area (Å²) in [5.41, 5.74) is 1.04. The van der Waals surface area contributed by atoms with Crippen molar-refractivity contribution >= 4 is 12.0 Å². The van der Waals surface area contributed by atoms with Crippen molar-refractivity contribution in [2.45, 2.75) is 39.8 Å². The Labute approximate surface area is 158 Å². The molecule has 0 N–H and O–H groups in total. The molecule has 0 unspecified atom stereocenters. The van der Waals surface area contributed by atoms with E-state index in [9.17, 15) is 13.2 Å². The van der Waals surface area contributed by atoms with E-state index in [1.165, 1.54) is 12.4 Å². The molecule has 0 saturated heterocycles. The third-order valence-electron chi connectivity index (χ3n) is 4.25. The highest BCUT2D eigenvalue weighted by Gasteiger charge is 2.35. The standard InChI is InChI=1S/C21H25F3N2O/c1-6-26(5)13-25-19-12-18(21(22,23)24)20(10-15(19)4)27-17-9-7-8-16(11-17)14(2)3/h7-14H,6H2,1-5H3. The average Bonchev–Trinajstić information content (AvgIpc) is 2.59. The van der Waals surface area contributed by atoms with Gasteiger partial charge in [0.25, 0.3) is 0 Å². The molecule has 2 aromatic carbocycles. The molecule has 0 saturated carbocycles. The number of rotatable bonds is 6. The molecule has 0 aliphatic rings. The van der Waals surface area contributed by atoms with Gasteiger partial charge >= 0.3 is 6.18 Å². The van der Waals surface area contributed by atoms with Gasteiger partial charge in [0.15, 0.2) is 0 Å². The van der Waals surface area contributed by atoms with Crippen molar-refractivity contribution in [2.75, 3.05) is 13.6 Å². The monoisotopic (exact) mass is 378 g/mol. The normalized spacial score (nSPS) is 12.0. The number of aliphatic imine (C=N–C) groups is 1. The van der Waals surface area contributed by atoms with E-state index in [-0.39, 0.29) is 17.4 Å². The SMILES string of the molecule is CCN(C)C=Nc1cc(C(F)(F)F)c(Oc2cccc(C(C)C)c2)cc1C. The first-order valence-electron chi connectivity index (χ1n) is 8.86. The van der Waals surface area contributed by atoms with Crippen LogP contribution in [-0.2, 0) is 6.18 Å². The van der Waals surface area contributed by atoms with Crippen LogP contribution in [0.1, 0.15) is 43.4 Å². The minimum absolute atomic E-state index is 0.219. The number of alkyl halides is 3. The van der Waals surface area contributed by atoms with Gasteiger partial charge in [-0.1, -0.05) is 26.0 Å². The van der Waals surface area contributed by atoms with Gasteiger partial charge in [0.05, 0.1) is 12.0 Å². The van der Waals surface area contributed by atoms with Crippen LogP contribution < -0.4 is 4.74 Å². The summed E-state index contributed by atoms with van der Waals surface area (Å²) >= 11 is 0. The predicted molar refractivity (Wildman–Crippen MR) is 103 cm³/mol. The summed E-state index contributed by atoms with van der Waals surface area (Å²) in [6.45, 7) is 8.40. The zero-order valence-corrected chi connectivity index (χ0v) is 16.3. The Kier molecular flexibility index (Phi) is 6.52. The summed E-state index contributed by atoms with van der Waals surface area (Å²) < 4.78 is 46.4. The van der Waals surface area contributed by atoms with E-state index in [1.807, 2.05) is 33.9 Å². The van der Waals surface area contributed by atoms with E-state index in [0.29, 0.717) is 17.9 Å². The van der Waals surface area contributed by atoms with E-state index in [0.717, 1.165) is 11.6 Å². The lowest BCUT2D eigenvalue weighted by Crippen LogP contribution is -2.14. The van der Waals surface area contributed by atoms with Crippen LogP contribution in [0.3, 0.4) is 0 Å². The highest BCUT2D eigenvalue weighted by Crippen LogP contribution is 2.41. The van der Waals surface area contributed by atoms with Gasteiger partial charge in [-0.15, -0.1) is 0 Å². The van der Waals surface area contributed by atoms with Crippen LogP contribution in [0, 0.1) is 6.92 Å². The number of nitrogens with zero attached hydrogens (tertiary/aromatic N) is 2. The summed E-state index contributed by atoms with van der Waals surface area (Å²) in [5.74, 6) is 0.418. The van der Waals surface area contributed by atoms with Crippen LogP contribution in [0.4, 0.5) is 18.9 Å². The van der Waals surface area contributed by atoms with Crippen molar-refractivity contribution in [3.05, 3.63) is 53.1 Å². The molecule has 0 aliphatic carbocycles. The highest BCUT2D eigenvalue weighted by molar-refractivity contribution is 5.65. The number of ether oxygens (including phenoxy) is 1. The number of hydrogen-bond donors (Lipinski definition) is 0. The fourth-order valence-corrected chi connectivity index (χ4v) is 2.42. The van der Waals surface area contributed by atoms with Crippen molar-refractivity contribution in [1.29, 1.82) is 0 Å². The average molecular weight is 378 g/mol. The fraction of sp³-hybridized carbons (Fsp3) is 0.381. The Morgan fingerprint density at radius 2 is 1.89 bits per heavy atom. The van der Waals surface area contributed by atoms with Crippen LogP contribution in [0.15, 0.2) is 41.4 Å². The van der Waals surface area contributed by atoms with Gasteiger partial charge < -0.3 is 9.64 Å². The topological polar surface area (TPSA) is 24.8 Å². The molecule has 0 radical (unpaired) electrons. The largest absolute Gasteiger partial charge is 0.457 e. The van der Waals surface area contributed by atoms with Gasteiger partial charge in [-0.3, -0.25) is 0 Å². The lowest BCUT2D eigenvalue weighted by molar-refractivity contribution is -0.138. The van der Waals surface area contributed by atoms with Crippen LogP contribution in [-0.4, -0.2) is 24.8 Å². The van der Waals surface area contributed by atoms with Gasteiger partial charge in [0.2, 0.25) is 0 Å². The molecule has 6 heteroatoms. The van der Waals surface area contributed by atoms with Gasteiger partial charge in [0, 0.05) is 13.6 Å². The van der Waals surface area contributed by atoms with Gasteiger partial charge in [0.1, 0.15) is 17.1 Å². The van der Waals surface area contributed by atoms with E-state index in [1.54, 1.807) is 30.0 Å². The lowest BCUT2D eigenvalue weighted by atomic mass is 10.0. The van der Waals surface area contributed by atoms with Crippen LogP contribution >= 0.6 is 0 Å². The van der Waals surface area contributed by atoms with Crippen LogP contribution in [0.5, 0.6) is 11.5 Å². The molecule has 2 aromatic rings. The zero-order chi connectivity index (χ0) is 20.2. The van der Waals surface area contributed by atoms with Crippen molar-refractivity contribution in [2.24, 2.45) is 4.99 Å². The van der Waals surface area contributed by atoms with Crippen LogP contribution in [0.2, 0.25) is 0 Å². The maximum absolute atomic E-state index is 13.6. The van der Waals surface area contributed by atoms with Gasteiger partial charge in [-0.2, -0.15) is 13.2 Å². The smallest absolute Gasteiger partial charge is 0.420 e. The maximum atomic E-state index is 13.6. The van der Waals surface area contributed by atoms with Crippen molar-refractivity contribution in [1.82, 2.24) is 4.90 Å². The summed E-state index contributed by atoms with van der Waals surface area (Å²) in [6, 6.07) is 9.56. The number of hydrogen-bond acceptors (Lipinski definition) is 2. The second-order valence-corrected chi connectivity index (χ2v) is 6.78. The third kappa shape index (κ3) is 5.49.